The van der Waals surface area contributed by atoms with Gasteiger partial charge >= 0.3 is 0 Å². The predicted molar refractivity (Wildman–Crippen MR) is 138 cm³/mol. The first-order valence-electron chi connectivity index (χ1n) is 11.5. The summed E-state index contributed by atoms with van der Waals surface area (Å²) in [5.41, 5.74) is 2.89. The van der Waals surface area contributed by atoms with Crippen LogP contribution in [0.25, 0.3) is 22.4 Å². The van der Waals surface area contributed by atoms with Crippen LogP contribution >= 0.6 is 11.3 Å². The second-order valence-electron chi connectivity index (χ2n) is 9.81. The number of thiazole rings is 1. The Labute approximate surface area is 203 Å². The summed E-state index contributed by atoms with van der Waals surface area (Å²) < 4.78 is 13.3. The van der Waals surface area contributed by atoms with E-state index in [1.165, 1.54) is 21.4 Å². The Morgan fingerprint density at radius 2 is 1.82 bits per heavy atom. The van der Waals surface area contributed by atoms with Gasteiger partial charge in [0.15, 0.2) is 17.3 Å². The van der Waals surface area contributed by atoms with Crippen LogP contribution in [0.4, 0.5) is 0 Å². The molecule has 0 N–H and O–H groups in total. The van der Waals surface area contributed by atoms with Crippen molar-refractivity contribution in [3.8, 4) is 22.9 Å². The quantitative estimate of drug-likeness (QED) is 0.371. The van der Waals surface area contributed by atoms with Crippen LogP contribution in [-0.2, 0) is 5.41 Å². The molecule has 7 heteroatoms. The number of aromatic nitrogens is 3. The van der Waals surface area contributed by atoms with Gasteiger partial charge in [0.25, 0.3) is 5.56 Å². The third-order valence-corrected chi connectivity index (χ3v) is 6.59. The predicted octanol–water partition coefficient (Wildman–Crippen LogP) is 5.10. The van der Waals surface area contributed by atoms with Crippen molar-refractivity contribution in [3.05, 3.63) is 68.5 Å². The van der Waals surface area contributed by atoms with Crippen molar-refractivity contribution >= 4 is 22.4 Å². The number of nitrogens with zero attached hydrogens (tertiary/aromatic N) is 3. The molecule has 4 aromatic rings. The molecule has 0 atom stereocenters. The summed E-state index contributed by atoms with van der Waals surface area (Å²) in [5, 5.41) is 4.47. The molecule has 0 spiro atoms. The maximum absolute atomic E-state index is 13.0. The fourth-order valence-electron chi connectivity index (χ4n) is 3.52. The van der Waals surface area contributed by atoms with Gasteiger partial charge in [0, 0.05) is 5.56 Å². The molecule has 0 aliphatic rings. The summed E-state index contributed by atoms with van der Waals surface area (Å²) in [6, 6.07) is 13.9. The van der Waals surface area contributed by atoms with Crippen molar-refractivity contribution in [1.82, 2.24) is 14.6 Å². The number of hydrogen-bond acceptors (Lipinski definition) is 6. The molecule has 4 rings (SSSR count). The van der Waals surface area contributed by atoms with Crippen molar-refractivity contribution in [2.24, 2.45) is 5.92 Å². The molecule has 0 saturated heterocycles. The molecule has 34 heavy (non-hydrogen) atoms. The maximum atomic E-state index is 13.0. The summed E-state index contributed by atoms with van der Waals surface area (Å²) in [6.07, 6.45) is 2.81. The molecule has 2 aromatic carbocycles. The SMILES string of the molecule is COc1cc(C=c2sc3nc(-c4ccc(C(C)(C)C)cc4)nn3c2=O)ccc1OCCC(C)C. The standard InChI is InChI=1S/C27H31N3O3S/c1-17(2)13-14-33-21-12-7-18(15-22(21)32-6)16-23-25(31)30-26(34-23)28-24(29-30)19-8-10-20(11-9-19)27(3,4)5/h7-12,15-17H,13-14H2,1-6H3. The molecule has 6 nitrogen and oxygen atoms in total. The molecule has 0 aliphatic carbocycles. The van der Waals surface area contributed by atoms with Gasteiger partial charge in [0.2, 0.25) is 4.96 Å². The van der Waals surface area contributed by atoms with E-state index in [0.717, 1.165) is 17.5 Å². The van der Waals surface area contributed by atoms with Crippen molar-refractivity contribution in [2.45, 2.75) is 46.5 Å². The Kier molecular flexibility index (Phi) is 6.75. The largest absolute Gasteiger partial charge is 0.493 e. The summed E-state index contributed by atoms with van der Waals surface area (Å²) in [4.78, 5) is 18.1. The van der Waals surface area contributed by atoms with Gasteiger partial charge < -0.3 is 9.47 Å². The molecule has 178 valence electrons. The van der Waals surface area contributed by atoms with Gasteiger partial charge in [-0.05, 0) is 47.1 Å². The normalized spacial score (nSPS) is 12.6. The first-order valence-corrected chi connectivity index (χ1v) is 12.3. The minimum Gasteiger partial charge on any atom is -0.493 e. The zero-order chi connectivity index (χ0) is 24.5. The third kappa shape index (κ3) is 5.14. The van der Waals surface area contributed by atoms with E-state index in [4.69, 9.17) is 9.47 Å². The highest BCUT2D eigenvalue weighted by Gasteiger charge is 2.16. The molecular weight excluding hydrogens is 446 g/mol. The van der Waals surface area contributed by atoms with E-state index in [0.29, 0.717) is 39.3 Å². The smallest absolute Gasteiger partial charge is 0.291 e. The Morgan fingerprint density at radius 3 is 2.44 bits per heavy atom. The molecule has 2 aromatic heterocycles. The molecule has 0 radical (unpaired) electrons. The third-order valence-electron chi connectivity index (χ3n) is 5.63. The summed E-state index contributed by atoms with van der Waals surface area (Å²) in [6.45, 7) is 11.5. The lowest BCUT2D eigenvalue weighted by atomic mass is 9.87. The van der Waals surface area contributed by atoms with E-state index in [-0.39, 0.29) is 11.0 Å². The molecule has 0 unspecified atom stereocenters. The van der Waals surface area contributed by atoms with Crippen LogP contribution in [0, 0.1) is 5.92 Å². The van der Waals surface area contributed by atoms with E-state index < -0.39 is 0 Å². The molecule has 0 aliphatic heterocycles. The number of ether oxygens (including phenoxy) is 2. The molecule has 0 amide bonds. The molecule has 0 saturated carbocycles. The van der Waals surface area contributed by atoms with Gasteiger partial charge in [0.05, 0.1) is 18.2 Å². The number of benzene rings is 2. The van der Waals surface area contributed by atoms with E-state index in [1.54, 1.807) is 7.11 Å². The van der Waals surface area contributed by atoms with E-state index in [9.17, 15) is 4.79 Å². The van der Waals surface area contributed by atoms with Crippen LogP contribution in [-0.4, -0.2) is 28.3 Å². The van der Waals surface area contributed by atoms with Gasteiger partial charge in [-0.2, -0.15) is 9.50 Å². The minimum atomic E-state index is -0.179. The Bertz CT molecular complexity index is 1400. The van der Waals surface area contributed by atoms with Gasteiger partial charge in [-0.15, -0.1) is 5.10 Å². The van der Waals surface area contributed by atoms with Crippen LogP contribution < -0.4 is 19.6 Å². The molecule has 0 bridgehead atoms. The van der Waals surface area contributed by atoms with Crippen LogP contribution in [0.3, 0.4) is 0 Å². The second kappa shape index (κ2) is 9.58. The van der Waals surface area contributed by atoms with Crippen LogP contribution in [0.5, 0.6) is 11.5 Å². The Hall–Kier alpha value is -3.19. The summed E-state index contributed by atoms with van der Waals surface area (Å²) in [7, 11) is 1.62. The zero-order valence-electron chi connectivity index (χ0n) is 20.6. The lowest BCUT2D eigenvalue weighted by molar-refractivity contribution is 0.273. The van der Waals surface area contributed by atoms with Gasteiger partial charge in [-0.1, -0.05) is 76.3 Å². The number of hydrogen-bond donors (Lipinski definition) is 0. The summed E-state index contributed by atoms with van der Waals surface area (Å²) >= 11 is 1.33. The van der Waals surface area contributed by atoms with E-state index >= 15 is 0 Å². The minimum absolute atomic E-state index is 0.0779. The highest BCUT2D eigenvalue weighted by Crippen LogP contribution is 2.29. The lowest BCUT2D eigenvalue weighted by Gasteiger charge is -2.18. The number of rotatable bonds is 7. The van der Waals surface area contributed by atoms with E-state index in [2.05, 4.69) is 56.8 Å². The lowest BCUT2D eigenvalue weighted by Crippen LogP contribution is -2.23. The van der Waals surface area contributed by atoms with E-state index in [1.807, 2.05) is 36.4 Å². The Balaban J connectivity index is 1.61. The van der Waals surface area contributed by atoms with Gasteiger partial charge in [0.1, 0.15) is 0 Å². The van der Waals surface area contributed by atoms with Crippen LogP contribution in [0.15, 0.2) is 47.3 Å². The molecule has 2 heterocycles. The van der Waals surface area contributed by atoms with Crippen molar-refractivity contribution in [2.75, 3.05) is 13.7 Å². The topological polar surface area (TPSA) is 65.7 Å². The maximum Gasteiger partial charge on any atom is 0.291 e. The first-order chi connectivity index (χ1) is 16.2. The summed E-state index contributed by atoms with van der Waals surface area (Å²) in [5.74, 6) is 2.47. The molecule has 0 fully saturated rings. The first kappa shape index (κ1) is 24.0. The van der Waals surface area contributed by atoms with Crippen molar-refractivity contribution in [3.63, 3.8) is 0 Å². The van der Waals surface area contributed by atoms with Crippen LogP contribution in [0.2, 0.25) is 0 Å². The Morgan fingerprint density at radius 1 is 1.09 bits per heavy atom. The average Bonchev–Trinajstić information content (AvgIpc) is 3.33. The second-order valence-corrected chi connectivity index (χ2v) is 10.8. The van der Waals surface area contributed by atoms with Gasteiger partial charge in [-0.3, -0.25) is 4.79 Å². The zero-order valence-corrected chi connectivity index (χ0v) is 21.4. The fourth-order valence-corrected chi connectivity index (χ4v) is 4.43. The highest BCUT2D eigenvalue weighted by atomic mass is 32.1. The van der Waals surface area contributed by atoms with Gasteiger partial charge in [-0.25, -0.2) is 0 Å². The van der Waals surface area contributed by atoms with Crippen LogP contribution in [0.1, 0.15) is 52.2 Å². The number of methoxy groups -OCH3 is 1. The van der Waals surface area contributed by atoms with Crippen molar-refractivity contribution in [1.29, 1.82) is 0 Å². The molecular formula is C27H31N3O3S. The fraction of sp³-hybridized carbons (Fsp3) is 0.370. The highest BCUT2D eigenvalue weighted by molar-refractivity contribution is 7.15. The average molecular weight is 478 g/mol. The number of fused-ring (bicyclic) bond motifs is 1. The monoisotopic (exact) mass is 477 g/mol. The van der Waals surface area contributed by atoms with Crippen molar-refractivity contribution < 1.29 is 9.47 Å².